The van der Waals surface area contributed by atoms with Gasteiger partial charge in [0.1, 0.15) is 5.01 Å². The van der Waals surface area contributed by atoms with Crippen LogP contribution in [0.2, 0.25) is 5.02 Å². The first-order valence-electron chi connectivity index (χ1n) is 4.69. The zero-order chi connectivity index (χ0) is 10.7. The Morgan fingerprint density at radius 1 is 1.53 bits per heavy atom. The van der Waals surface area contributed by atoms with Gasteiger partial charge in [0.15, 0.2) is 0 Å². The van der Waals surface area contributed by atoms with Crippen LogP contribution in [0.1, 0.15) is 11.8 Å². The molecule has 0 aliphatic carbocycles. The number of rotatable bonds is 4. The Balaban J connectivity index is 2.13. The van der Waals surface area contributed by atoms with Crippen molar-refractivity contribution in [1.29, 1.82) is 0 Å². The Morgan fingerprint density at radius 3 is 3.07 bits per heavy atom. The fourth-order valence-electron chi connectivity index (χ4n) is 1.18. The first kappa shape index (κ1) is 11.1. The van der Waals surface area contributed by atoms with Crippen molar-refractivity contribution in [2.45, 2.75) is 13.5 Å². The van der Waals surface area contributed by atoms with Gasteiger partial charge in [-0.15, -0.1) is 22.7 Å². The van der Waals surface area contributed by atoms with Gasteiger partial charge in [0, 0.05) is 23.0 Å². The van der Waals surface area contributed by atoms with Gasteiger partial charge in [0.25, 0.3) is 0 Å². The van der Waals surface area contributed by atoms with Crippen molar-refractivity contribution < 1.29 is 0 Å². The first-order chi connectivity index (χ1) is 7.29. The molecule has 15 heavy (non-hydrogen) atoms. The van der Waals surface area contributed by atoms with Crippen LogP contribution < -0.4 is 5.32 Å². The summed E-state index contributed by atoms with van der Waals surface area (Å²) in [4.78, 5) is 6.79. The fourth-order valence-corrected chi connectivity index (χ4v) is 3.20. The minimum Gasteiger partial charge on any atom is -0.312 e. The second-order valence-corrected chi connectivity index (χ2v) is 5.50. The molecule has 1 N–H and O–H groups in total. The molecule has 0 amide bonds. The predicted octanol–water partition coefficient (Wildman–Crippen LogP) is 3.63. The molecule has 0 saturated carbocycles. The zero-order valence-electron chi connectivity index (χ0n) is 8.29. The Kier molecular flexibility index (Phi) is 3.75. The van der Waals surface area contributed by atoms with E-state index < -0.39 is 0 Å². The van der Waals surface area contributed by atoms with E-state index in [-0.39, 0.29) is 0 Å². The molecule has 0 bridgehead atoms. The fraction of sp³-hybridized carbons (Fsp3) is 0.300. The summed E-state index contributed by atoms with van der Waals surface area (Å²) in [5.74, 6) is 0. The van der Waals surface area contributed by atoms with Crippen molar-refractivity contribution in [1.82, 2.24) is 10.3 Å². The third-order valence-electron chi connectivity index (χ3n) is 1.88. The molecule has 0 unspecified atom stereocenters. The highest BCUT2D eigenvalue weighted by Crippen LogP contribution is 2.32. The Hall–Kier alpha value is -0.420. The van der Waals surface area contributed by atoms with Crippen LogP contribution in [0.5, 0.6) is 0 Å². The number of thiophene rings is 1. The van der Waals surface area contributed by atoms with Gasteiger partial charge in [-0.1, -0.05) is 18.5 Å². The molecular formula is C10H11ClN2S2. The van der Waals surface area contributed by atoms with E-state index in [4.69, 9.17) is 11.6 Å². The van der Waals surface area contributed by atoms with E-state index in [1.165, 1.54) is 4.88 Å². The molecule has 2 nitrogen and oxygen atoms in total. The summed E-state index contributed by atoms with van der Waals surface area (Å²) in [5.41, 5.74) is 0. The minimum absolute atomic E-state index is 0.790. The molecule has 80 valence electrons. The number of hydrogen-bond acceptors (Lipinski definition) is 4. The summed E-state index contributed by atoms with van der Waals surface area (Å²) in [7, 11) is 0. The first-order valence-corrected chi connectivity index (χ1v) is 6.77. The van der Waals surface area contributed by atoms with Crippen LogP contribution in [0.4, 0.5) is 0 Å². The van der Waals surface area contributed by atoms with Crippen LogP contribution in [0, 0.1) is 0 Å². The molecule has 0 aromatic carbocycles. The second kappa shape index (κ2) is 5.07. The van der Waals surface area contributed by atoms with E-state index in [0.29, 0.717) is 0 Å². The van der Waals surface area contributed by atoms with E-state index in [0.717, 1.165) is 28.0 Å². The Bertz CT molecular complexity index is 436. The van der Waals surface area contributed by atoms with E-state index >= 15 is 0 Å². The van der Waals surface area contributed by atoms with E-state index in [9.17, 15) is 0 Å². The van der Waals surface area contributed by atoms with Crippen molar-refractivity contribution >= 4 is 34.3 Å². The van der Waals surface area contributed by atoms with Crippen molar-refractivity contribution in [3.8, 4) is 9.88 Å². The lowest BCUT2D eigenvalue weighted by Crippen LogP contribution is -2.10. The predicted molar refractivity (Wildman–Crippen MR) is 67.8 cm³/mol. The summed E-state index contributed by atoms with van der Waals surface area (Å²) in [6.07, 6.45) is 1.93. The van der Waals surface area contributed by atoms with Crippen LogP contribution in [-0.4, -0.2) is 11.5 Å². The van der Waals surface area contributed by atoms with Crippen LogP contribution in [0.25, 0.3) is 9.88 Å². The maximum absolute atomic E-state index is 5.88. The second-order valence-electron chi connectivity index (χ2n) is 3.04. The number of thiazole rings is 1. The summed E-state index contributed by atoms with van der Waals surface area (Å²) in [6, 6.07) is 1.96. The third-order valence-corrected chi connectivity index (χ3v) is 4.33. The quantitative estimate of drug-likeness (QED) is 0.906. The summed E-state index contributed by atoms with van der Waals surface area (Å²) in [5, 5.41) is 7.06. The van der Waals surface area contributed by atoms with Gasteiger partial charge in [-0.25, -0.2) is 4.98 Å². The summed E-state index contributed by atoms with van der Waals surface area (Å²) >= 11 is 9.23. The Morgan fingerprint density at radius 2 is 2.40 bits per heavy atom. The molecule has 0 spiro atoms. The topological polar surface area (TPSA) is 24.9 Å². The average molecular weight is 259 g/mol. The number of aromatic nitrogens is 1. The summed E-state index contributed by atoms with van der Waals surface area (Å²) < 4.78 is 0. The minimum atomic E-state index is 0.790. The molecule has 0 radical (unpaired) electrons. The molecule has 2 heterocycles. The van der Waals surface area contributed by atoms with Crippen LogP contribution >= 0.6 is 34.3 Å². The maximum Gasteiger partial charge on any atom is 0.133 e. The maximum atomic E-state index is 5.88. The largest absolute Gasteiger partial charge is 0.312 e. The molecule has 0 aliphatic heterocycles. The zero-order valence-corrected chi connectivity index (χ0v) is 10.7. The molecule has 2 aromatic heterocycles. The van der Waals surface area contributed by atoms with Gasteiger partial charge >= 0.3 is 0 Å². The highest BCUT2D eigenvalue weighted by atomic mass is 35.5. The van der Waals surface area contributed by atoms with Crippen LogP contribution in [0.15, 0.2) is 17.6 Å². The van der Waals surface area contributed by atoms with Gasteiger partial charge in [-0.2, -0.15) is 0 Å². The van der Waals surface area contributed by atoms with Crippen LogP contribution in [-0.2, 0) is 6.54 Å². The average Bonchev–Trinajstić information content (AvgIpc) is 2.83. The highest BCUT2D eigenvalue weighted by molar-refractivity contribution is 7.21. The van der Waals surface area contributed by atoms with E-state index in [1.54, 1.807) is 22.7 Å². The number of hydrogen-bond donors (Lipinski definition) is 1. The lowest BCUT2D eigenvalue weighted by molar-refractivity contribution is 0.734. The molecule has 5 heteroatoms. The number of nitrogens with zero attached hydrogens (tertiary/aromatic N) is 1. The number of halogens is 1. The SMILES string of the molecule is CCNCc1cnc(-c2cc(Cl)cs2)s1. The third kappa shape index (κ3) is 2.78. The number of nitrogens with one attached hydrogen (secondary N) is 1. The monoisotopic (exact) mass is 258 g/mol. The van der Waals surface area contributed by atoms with Crippen molar-refractivity contribution in [3.05, 3.63) is 27.5 Å². The molecule has 0 fully saturated rings. The van der Waals surface area contributed by atoms with E-state index in [2.05, 4.69) is 17.2 Å². The molecular weight excluding hydrogens is 248 g/mol. The standard InChI is InChI=1S/C10H11ClN2S2/c1-2-12-4-8-5-13-10(15-8)9-3-7(11)6-14-9/h3,5-6,12H,2,4H2,1H3. The van der Waals surface area contributed by atoms with Gasteiger partial charge in [-0.05, 0) is 12.6 Å². The van der Waals surface area contributed by atoms with Crippen LogP contribution in [0.3, 0.4) is 0 Å². The van der Waals surface area contributed by atoms with Crippen molar-refractivity contribution in [2.24, 2.45) is 0 Å². The molecule has 2 rings (SSSR count). The molecule has 2 aromatic rings. The van der Waals surface area contributed by atoms with Crippen molar-refractivity contribution in [2.75, 3.05) is 6.54 Å². The molecule has 0 saturated heterocycles. The Labute approximate surface area is 102 Å². The lowest BCUT2D eigenvalue weighted by atomic mass is 10.5. The normalized spacial score (nSPS) is 10.8. The molecule has 0 aliphatic rings. The van der Waals surface area contributed by atoms with E-state index in [1.807, 2.05) is 17.6 Å². The van der Waals surface area contributed by atoms with Gasteiger partial charge < -0.3 is 5.32 Å². The van der Waals surface area contributed by atoms with Gasteiger partial charge in [0.2, 0.25) is 0 Å². The smallest absolute Gasteiger partial charge is 0.133 e. The van der Waals surface area contributed by atoms with Crippen molar-refractivity contribution in [3.63, 3.8) is 0 Å². The van der Waals surface area contributed by atoms with Gasteiger partial charge in [0.05, 0.1) is 9.90 Å². The lowest BCUT2D eigenvalue weighted by Gasteiger charge is -1.94. The summed E-state index contributed by atoms with van der Waals surface area (Å²) in [6.45, 7) is 3.98. The van der Waals surface area contributed by atoms with Gasteiger partial charge in [-0.3, -0.25) is 0 Å². The highest BCUT2D eigenvalue weighted by Gasteiger charge is 2.06. The molecule has 0 atom stereocenters.